The van der Waals surface area contributed by atoms with E-state index in [0.29, 0.717) is 13.2 Å². The fourth-order valence-electron chi connectivity index (χ4n) is 2.60. The van der Waals surface area contributed by atoms with E-state index in [1.54, 1.807) is 23.1 Å². The van der Waals surface area contributed by atoms with Crippen LogP contribution in [0.4, 0.5) is 0 Å². The molecule has 1 aliphatic heterocycles. The summed E-state index contributed by atoms with van der Waals surface area (Å²) in [4.78, 5) is 8.99. The maximum absolute atomic E-state index is 9.30. The molecule has 6 nitrogen and oxygen atoms in total. The standard InChI is InChI=1S/C16H28N4O2S2.HI/c1-2-17-14(18-6-3-10-23-15-19-7-11-24-15)20-12-16(4-8-21)5-9-22-13-16;/h7,11,21H,2-6,8-10,12-13H2,1H3,(H2,17,18,20);1H. The van der Waals surface area contributed by atoms with Crippen molar-refractivity contribution in [3.8, 4) is 0 Å². The Morgan fingerprint density at radius 2 is 2.40 bits per heavy atom. The van der Waals surface area contributed by atoms with E-state index in [1.165, 1.54) is 0 Å². The van der Waals surface area contributed by atoms with Gasteiger partial charge >= 0.3 is 0 Å². The van der Waals surface area contributed by atoms with Gasteiger partial charge in [-0.15, -0.1) is 35.3 Å². The number of hydrogen-bond donors (Lipinski definition) is 3. The molecule has 2 rings (SSSR count). The lowest BCUT2D eigenvalue weighted by Crippen LogP contribution is -2.39. The predicted octanol–water partition coefficient (Wildman–Crippen LogP) is 2.59. The Kier molecular flexibility index (Phi) is 12.0. The number of thiazole rings is 1. The molecule has 9 heteroatoms. The third-order valence-electron chi connectivity index (χ3n) is 3.99. The number of rotatable bonds is 10. The number of thioether (sulfide) groups is 1. The van der Waals surface area contributed by atoms with Crippen LogP contribution in [0.2, 0.25) is 0 Å². The molecule has 0 spiro atoms. The summed E-state index contributed by atoms with van der Waals surface area (Å²) >= 11 is 3.48. The van der Waals surface area contributed by atoms with Crippen molar-refractivity contribution in [2.24, 2.45) is 10.4 Å². The fourth-order valence-corrected chi connectivity index (χ4v) is 4.24. The minimum atomic E-state index is -0.00219. The molecule has 0 aliphatic carbocycles. The molecule has 0 amide bonds. The van der Waals surface area contributed by atoms with Gasteiger partial charge in [-0.2, -0.15) is 0 Å². The molecule has 2 heterocycles. The van der Waals surface area contributed by atoms with E-state index in [-0.39, 0.29) is 36.0 Å². The van der Waals surface area contributed by atoms with Crippen molar-refractivity contribution in [3.05, 3.63) is 11.6 Å². The van der Waals surface area contributed by atoms with Gasteiger partial charge in [0.2, 0.25) is 0 Å². The molecule has 1 aromatic rings. The lowest BCUT2D eigenvalue weighted by Gasteiger charge is -2.24. The maximum atomic E-state index is 9.30. The third kappa shape index (κ3) is 8.42. The van der Waals surface area contributed by atoms with E-state index in [4.69, 9.17) is 9.73 Å². The summed E-state index contributed by atoms with van der Waals surface area (Å²) in [7, 11) is 0. The number of nitrogens with one attached hydrogen (secondary N) is 2. The molecular formula is C16H29IN4O2S2. The largest absolute Gasteiger partial charge is 0.396 e. The minimum Gasteiger partial charge on any atom is -0.396 e. The molecule has 1 aromatic heterocycles. The summed E-state index contributed by atoms with van der Waals surface area (Å²) in [5.74, 6) is 1.89. The van der Waals surface area contributed by atoms with Gasteiger partial charge in [0.05, 0.1) is 13.2 Å². The van der Waals surface area contributed by atoms with Gasteiger partial charge in [-0.25, -0.2) is 4.98 Å². The van der Waals surface area contributed by atoms with Gasteiger partial charge in [0.15, 0.2) is 5.96 Å². The molecule has 3 N–H and O–H groups in total. The van der Waals surface area contributed by atoms with Gasteiger partial charge in [-0.05, 0) is 26.2 Å². The molecule has 1 fully saturated rings. The van der Waals surface area contributed by atoms with Gasteiger partial charge in [-0.1, -0.05) is 11.8 Å². The van der Waals surface area contributed by atoms with Crippen LogP contribution in [0.3, 0.4) is 0 Å². The number of hydrogen-bond acceptors (Lipinski definition) is 6. The first-order valence-electron chi connectivity index (χ1n) is 8.51. The predicted molar refractivity (Wildman–Crippen MR) is 116 cm³/mol. The number of ether oxygens (including phenoxy) is 1. The van der Waals surface area contributed by atoms with Crippen molar-refractivity contribution in [3.63, 3.8) is 0 Å². The van der Waals surface area contributed by atoms with Gasteiger partial charge in [0.1, 0.15) is 4.34 Å². The van der Waals surface area contributed by atoms with Crippen LogP contribution in [0.25, 0.3) is 0 Å². The first-order chi connectivity index (χ1) is 11.8. The third-order valence-corrected chi connectivity index (χ3v) is 6.04. The second-order valence-corrected chi connectivity index (χ2v) is 8.13. The average Bonchev–Trinajstić information content (AvgIpc) is 3.25. The summed E-state index contributed by atoms with van der Waals surface area (Å²) in [5, 5.41) is 18.0. The van der Waals surface area contributed by atoms with Crippen LogP contribution in [0.1, 0.15) is 26.2 Å². The van der Waals surface area contributed by atoms with Crippen LogP contribution >= 0.6 is 47.1 Å². The smallest absolute Gasteiger partial charge is 0.191 e. The molecule has 0 saturated carbocycles. The van der Waals surface area contributed by atoms with Gasteiger partial charge in [0.25, 0.3) is 0 Å². The number of aliphatic imine (C=N–C) groups is 1. The lowest BCUT2D eigenvalue weighted by atomic mass is 9.84. The van der Waals surface area contributed by atoms with Crippen molar-refractivity contribution in [1.29, 1.82) is 0 Å². The number of halogens is 1. The second-order valence-electron chi connectivity index (χ2n) is 5.90. The Labute approximate surface area is 175 Å². The summed E-state index contributed by atoms with van der Waals surface area (Å²) < 4.78 is 6.65. The molecule has 1 unspecified atom stereocenters. The molecule has 25 heavy (non-hydrogen) atoms. The quantitative estimate of drug-likeness (QED) is 0.151. The van der Waals surface area contributed by atoms with Crippen LogP contribution in [0, 0.1) is 5.41 Å². The zero-order chi connectivity index (χ0) is 17.1. The summed E-state index contributed by atoms with van der Waals surface area (Å²) in [6.07, 6.45) is 4.62. The first kappa shape index (κ1) is 22.9. The van der Waals surface area contributed by atoms with Crippen LogP contribution < -0.4 is 10.6 Å². The number of aliphatic hydroxyl groups excluding tert-OH is 1. The monoisotopic (exact) mass is 500 g/mol. The Bertz CT molecular complexity index is 482. The van der Waals surface area contributed by atoms with E-state index in [0.717, 1.165) is 55.0 Å². The molecule has 144 valence electrons. The van der Waals surface area contributed by atoms with E-state index in [1.807, 2.05) is 11.6 Å². The highest BCUT2D eigenvalue weighted by Gasteiger charge is 2.34. The molecule has 1 aliphatic rings. The summed E-state index contributed by atoms with van der Waals surface area (Å²) in [5.41, 5.74) is -0.00219. The van der Waals surface area contributed by atoms with Gasteiger partial charge in [0, 0.05) is 49.0 Å². The van der Waals surface area contributed by atoms with Gasteiger partial charge in [-0.3, -0.25) is 4.99 Å². The van der Waals surface area contributed by atoms with Crippen LogP contribution in [-0.4, -0.2) is 61.3 Å². The van der Waals surface area contributed by atoms with E-state index < -0.39 is 0 Å². The number of aromatic nitrogens is 1. The van der Waals surface area contributed by atoms with Crippen molar-refractivity contribution in [2.45, 2.75) is 30.5 Å². The molecular weight excluding hydrogens is 471 g/mol. The van der Waals surface area contributed by atoms with Crippen molar-refractivity contribution in [2.75, 3.05) is 45.2 Å². The Morgan fingerprint density at radius 1 is 1.52 bits per heavy atom. The highest BCUT2D eigenvalue weighted by Crippen LogP contribution is 2.32. The normalized spacial score (nSPS) is 20.3. The zero-order valence-corrected chi connectivity index (χ0v) is 18.7. The van der Waals surface area contributed by atoms with Crippen LogP contribution in [0.15, 0.2) is 20.9 Å². The lowest BCUT2D eigenvalue weighted by molar-refractivity contribution is 0.131. The number of guanidine groups is 1. The molecule has 0 radical (unpaired) electrons. The molecule has 1 saturated heterocycles. The highest BCUT2D eigenvalue weighted by molar-refractivity contribution is 14.0. The maximum Gasteiger partial charge on any atom is 0.191 e. The van der Waals surface area contributed by atoms with Crippen molar-refractivity contribution < 1.29 is 9.84 Å². The molecule has 1 atom stereocenters. The van der Waals surface area contributed by atoms with E-state index >= 15 is 0 Å². The van der Waals surface area contributed by atoms with E-state index in [9.17, 15) is 5.11 Å². The van der Waals surface area contributed by atoms with Gasteiger partial charge < -0.3 is 20.5 Å². The highest BCUT2D eigenvalue weighted by atomic mass is 127. The average molecular weight is 500 g/mol. The van der Waals surface area contributed by atoms with Crippen LogP contribution in [-0.2, 0) is 4.74 Å². The number of nitrogens with zero attached hydrogens (tertiary/aromatic N) is 2. The van der Waals surface area contributed by atoms with Crippen LogP contribution in [0.5, 0.6) is 0 Å². The Balaban J connectivity index is 0.00000312. The van der Waals surface area contributed by atoms with E-state index in [2.05, 4.69) is 22.5 Å². The SMILES string of the molecule is CCNC(=NCC1(CCO)CCOC1)NCCCSc1nccs1.I. The second kappa shape index (κ2) is 13.1. The summed E-state index contributed by atoms with van der Waals surface area (Å²) in [6.45, 7) is 6.14. The molecule has 0 aromatic carbocycles. The fraction of sp³-hybridized carbons (Fsp3) is 0.750. The Morgan fingerprint density at radius 3 is 3.04 bits per heavy atom. The molecule has 0 bridgehead atoms. The zero-order valence-electron chi connectivity index (χ0n) is 14.7. The summed E-state index contributed by atoms with van der Waals surface area (Å²) in [6, 6.07) is 0. The van der Waals surface area contributed by atoms with Crippen molar-refractivity contribution in [1.82, 2.24) is 15.6 Å². The minimum absolute atomic E-state index is 0. The Hall–Kier alpha value is -0.100. The first-order valence-corrected chi connectivity index (χ1v) is 10.4. The van der Waals surface area contributed by atoms with Crippen molar-refractivity contribution >= 4 is 53.0 Å². The number of aliphatic hydroxyl groups is 1. The topological polar surface area (TPSA) is 78.8 Å².